The molecule has 0 radical (unpaired) electrons. The third kappa shape index (κ3) is 6.85. The zero-order valence-electron chi connectivity index (χ0n) is 37.9. The van der Waals surface area contributed by atoms with Crippen molar-refractivity contribution in [1.29, 1.82) is 0 Å². The minimum atomic E-state index is -0.646. The van der Waals surface area contributed by atoms with Crippen LogP contribution in [0.1, 0.15) is 58.4 Å². The molecule has 7 heteroatoms. The van der Waals surface area contributed by atoms with E-state index in [1.54, 1.807) is 11.8 Å². The maximum absolute atomic E-state index is 5.92. The van der Waals surface area contributed by atoms with E-state index in [0.29, 0.717) is 13.2 Å². The average Bonchev–Trinajstić information content (AvgIpc) is 3.88. The highest BCUT2D eigenvalue weighted by molar-refractivity contribution is 7.99. The molecule has 0 unspecified atom stereocenters. The first-order chi connectivity index (χ1) is 34.1. The van der Waals surface area contributed by atoms with E-state index in [-0.39, 0.29) is 0 Å². The second-order valence-corrected chi connectivity index (χ2v) is 18.3. The second kappa shape index (κ2) is 17.3. The highest BCUT2D eigenvalue weighted by Crippen LogP contribution is 2.57. The summed E-state index contributed by atoms with van der Waals surface area (Å²) in [4.78, 5) is 22.0. The van der Waals surface area contributed by atoms with Crippen LogP contribution in [0.5, 0.6) is 11.5 Å². The van der Waals surface area contributed by atoms with Crippen molar-refractivity contribution < 1.29 is 9.47 Å². The van der Waals surface area contributed by atoms with Crippen LogP contribution in [-0.4, -0.2) is 33.1 Å². The molecule has 0 saturated carbocycles. The zero-order chi connectivity index (χ0) is 46.4. The highest BCUT2D eigenvalue weighted by atomic mass is 32.2. The monoisotopic (exact) mass is 906 g/mol. The van der Waals surface area contributed by atoms with Crippen molar-refractivity contribution in [1.82, 2.24) is 19.9 Å². The van der Waals surface area contributed by atoms with Gasteiger partial charge in [-0.2, -0.15) is 0 Å². The van der Waals surface area contributed by atoms with Crippen LogP contribution in [0.15, 0.2) is 204 Å². The molecule has 0 N–H and O–H groups in total. The highest BCUT2D eigenvalue weighted by Gasteiger charge is 2.49. The van der Waals surface area contributed by atoms with E-state index in [1.807, 2.05) is 75.0 Å². The number of hydrogen-bond donors (Lipinski definition) is 0. The fraction of sp³-hybridized carbons (Fsp3) is 0.0968. The molecule has 4 aromatic heterocycles. The number of hydrogen-bond acceptors (Lipinski definition) is 7. The van der Waals surface area contributed by atoms with Crippen LogP contribution in [0.4, 0.5) is 0 Å². The molecule has 0 spiro atoms. The van der Waals surface area contributed by atoms with Crippen LogP contribution in [0.2, 0.25) is 0 Å². The average molecular weight is 907 g/mol. The molecule has 69 heavy (non-hydrogen) atoms. The van der Waals surface area contributed by atoms with Gasteiger partial charge >= 0.3 is 0 Å². The molecule has 0 aliphatic heterocycles. The number of fused-ring (bicyclic) bond motifs is 8. The Balaban J connectivity index is 0.914. The van der Waals surface area contributed by atoms with Gasteiger partial charge < -0.3 is 9.47 Å². The number of pyridine rings is 4. The maximum atomic E-state index is 5.92. The fourth-order valence-electron chi connectivity index (χ4n) is 10.6. The third-order valence-corrected chi connectivity index (χ3v) is 14.6. The van der Waals surface area contributed by atoms with E-state index in [1.165, 1.54) is 0 Å². The summed E-state index contributed by atoms with van der Waals surface area (Å²) in [6.07, 6.45) is 7.45. The fourth-order valence-corrected chi connectivity index (χ4v) is 11.4. The summed E-state index contributed by atoms with van der Waals surface area (Å²) < 4.78 is 11.8. The Morgan fingerprint density at radius 3 is 1.09 bits per heavy atom. The van der Waals surface area contributed by atoms with Crippen LogP contribution >= 0.6 is 11.8 Å². The first-order valence-corrected chi connectivity index (χ1v) is 23.8. The Kier molecular flexibility index (Phi) is 10.5. The number of aromatic nitrogens is 4. The van der Waals surface area contributed by atoms with E-state index in [2.05, 4.69) is 157 Å². The predicted molar refractivity (Wildman–Crippen MR) is 276 cm³/mol. The molecule has 328 valence electrons. The summed E-state index contributed by atoms with van der Waals surface area (Å²) in [5, 5.41) is 4.44. The van der Waals surface area contributed by atoms with Gasteiger partial charge in [-0.1, -0.05) is 109 Å². The predicted octanol–water partition coefficient (Wildman–Crippen LogP) is 13.3. The first kappa shape index (κ1) is 41.9. The largest absolute Gasteiger partial charge is 0.481 e. The molecule has 0 amide bonds. The lowest BCUT2D eigenvalue weighted by Gasteiger charge is -2.33. The molecule has 0 saturated heterocycles. The van der Waals surface area contributed by atoms with Gasteiger partial charge in [0.2, 0.25) is 0 Å². The van der Waals surface area contributed by atoms with Crippen LogP contribution in [-0.2, 0) is 10.8 Å². The van der Waals surface area contributed by atoms with Crippen molar-refractivity contribution in [2.45, 2.75) is 34.5 Å². The van der Waals surface area contributed by atoms with Gasteiger partial charge in [0.1, 0.15) is 24.7 Å². The Bertz CT molecular complexity index is 3430. The van der Waals surface area contributed by atoms with Crippen molar-refractivity contribution in [2.75, 3.05) is 13.2 Å². The van der Waals surface area contributed by atoms with Gasteiger partial charge in [-0.05, 0) is 165 Å². The Morgan fingerprint density at radius 1 is 0.391 bits per heavy atom. The SMILES string of the molecule is CC#CCOc1ccc2cc(C3(c4ccc(Sc5ccc(C6(c7ccc8cc(OCC#CC)ccc8c7)c7cccnc7-c7ncccc76)cc5)cc4)c4cccnc4-c4ncccc43)ccc2c1. The third-order valence-electron chi connectivity index (χ3n) is 13.6. The summed E-state index contributed by atoms with van der Waals surface area (Å²) in [5.74, 6) is 13.4. The molecule has 0 bridgehead atoms. The lowest BCUT2D eigenvalue weighted by molar-refractivity contribution is 0.370. The molecule has 2 aliphatic carbocycles. The Morgan fingerprint density at radius 2 is 0.725 bits per heavy atom. The normalized spacial score (nSPS) is 13.2. The molecule has 6 nitrogen and oxygen atoms in total. The van der Waals surface area contributed by atoms with Crippen molar-refractivity contribution in [3.05, 3.63) is 239 Å². The van der Waals surface area contributed by atoms with Gasteiger partial charge in [0.15, 0.2) is 0 Å². The molecule has 0 atom stereocenters. The van der Waals surface area contributed by atoms with Gasteiger partial charge in [0.05, 0.1) is 33.6 Å². The van der Waals surface area contributed by atoms with Gasteiger partial charge in [0, 0.05) is 34.6 Å². The lowest BCUT2D eigenvalue weighted by Crippen LogP contribution is -2.28. The molecule has 12 rings (SSSR count). The topological polar surface area (TPSA) is 70.0 Å². The number of ether oxygens (including phenoxy) is 2. The van der Waals surface area contributed by atoms with E-state index in [4.69, 9.17) is 29.4 Å². The first-order valence-electron chi connectivity index (χ1n) is 22.9. The van der Waals surface area contributed by atoms with E-state index < -0.39 is 10.8 Å². The van der Waals surface area contributed by atoms with Gasteiger partial charge in [-0.15, -0.1) is 11.8 Å². The number of benzene rings is 6. The summed E-state index contributed by atoms with van der Waals surface area (Å²) in [6, 6.07) is 61.0. The summed E-state index contributed by atoms with van der Waals surface area (Å²) >= 11 is 1.75. The van der Waals surface area contributed by atoms with Gasteiger partial charge in [-0.3, -0.25) is 19.9 Å². The standard InChI is InChI=1S/C62H42N4O2S/c1-3-5-35-67-49-25-17-41-37-47(19-15-43(41)39-49)61(53-11-7-31-63-57(53)58-54(61)12-8-32-64-58)45-21-27-51(28-22-45)69-52-29-23-46(24-30-52)62(55-13-9-33-65-59(55)60-56(62)14-10-34-66-60)48-20-16-44-40-50(68-36-6-4-2)26-18-42(44)38-48/h7-34,37-40H,35-36H2,1-2H3. The molecule has 2 aliphatic rings. The molecule has 6 aromatic carbocycles. The van der Waals surface area contributed by atoms with E-state index >= 15 is 0 Å². The van der Waals surface area contributed by atoms with Crippen LogP contribution in [0, 0.1) is 23.7 Å². The Hall–Kier alpha value is -8.49. The Labute approximate surface area is 405 Å². The van der Waals surface area contributed by atoms with Crippen LogP contribution < -0.4 is 9.47 Å². The number of nitrogens with zero attached hydrogens (tertiary/aromatic N) is 4. The van der Waals surface area contributed by atoms with E-state index in [0.717, 1.165) is 110 Å². The summed E-state index contributed by atoms with van der Waals surface area (Å²) in [7, 11) is 0. The molecule has 0 fully saturated rings. The van der Waals surface area contributed by atoms with Crippen molar-refractivity contribution in [2.24, 2.45) is 0 Å². The van der Waals surface area contributed by atoms with Crippen LogP contribution in [0.3, 0.4) is 0 Å². The molecule has 10 aromatic rings. The quantitative estimate of drug-likeness (QED) is 0.127. The van der Waals surface area contributed by atoms with E-state index in [9.17, 15) is 0 Å². The van der Waals surface area contributed by atoms with Crippen LogP contribution in [0.25, 0.3) is 44.3 Å². The minimum Gasteiger partial charge on any atom is -0.481 e. The minimum absolute atomic E-state index is 0.359. The lowest BCUT2D eigenvalue weighted by atomic mass is 9.68. The second-order valence-electron chi connectivity index (χ2n) is 17.1. The maximum Gasteiger partial charge on any atom is 0.149 e. The van der Waals surface area contributed by atoms with Gasteiger partial charge in [-0.25, -0.2) is 0 Å². The number of rotatable bonds is 10. The smallest absolute Gasteiger partial charge is 0.149 e. The van der Waals surface area contributed by atoms with Gasteiger partial charge in [0.25, 0.3) is 0 Å². The summed E-state index contributed by atoms with van der Waals surface area (Å²) in [5.41, 5.74) is 11.4. The zero-order valence-corrected chi connectivity index (χ0v) is 38.7. The van der Waals surface area contributed by atoms with Crippen molar-refractivity contribution in [3.8, 4) is 58.0 Å². The van der Waals surface area contributed by atoms with Crippen molar-refractivity contribution in [3.63, 3.8) is 0 Å². The molecular weight excluding hydrogens is 865 g/mol. The summed E-state index contributed by atoms with van der Waals surface area (Å²) in [6.45, 7) is 4.36. The molecule has 4 heterocycles. The van der Waals surface area contributed by atoms with Crippen molar-refractivity contribution >= 4 is 33.3 Å². The molecular formula is C62H42N4O2S.